The second kappa shape index (κ2) is 8.11. The topological polar surface area (TPSA) is 67.9 Å². The molecule has 0 aromatic carbocycles. The lowest BCUT2D eigenvalue weighted by Crippen LogP contribution is -2.49. The van der Waals surface area contributed by atoms with Crippen molar-refractivity contribution in [3.8, 4) is 0 Å². The standard InChI is InChI=1S/C17H28N2O4/c20-16(18-23-15-10-4-5-12-22-15)14-9-6-11-19(14)17(21)13-7-2-1-3-8-13/h13-15H,1-12H2,(H,18,20)/t14-,15+/m1/s1. The Kier molecular flexibility index (Phi) is 5.89. The molecule has 0 radical (unpaired) electrons. The average Bonchev–Trinajstić information content (AvgIpc) is 3.10. The van der Waals surface area contributed by atoms with Crippen molar-refractivity contribution in [1.82, 2.24) is 10.4 Å². The molecule has 1 N–H and O–H groups in total. The van der Waals surface area contributed by atoms with Crippen molar-refractivity contribution in [2.24, 2.45) is 5.92 Å². The number of carbonyl (C=O) groups excluding carboxylic acids is 2. The highest BCUT2D eigenvalue weighted by Gasteiger charge is 2.37. The predicted molar refractivity (Wildman–Crippen MR) is 84.1 cm³/mol. The van der Waals surface area contributed by atoms with E-state index in [1.54, 1.807) is 4.90 Å². The van der Waals surface area contributed by atoms with Gasteiger partial charge in [-0.25, -0.2) is 10.3 Å². The molecule has 0 aromatic heterocycles. The van der Waals surface area contributed by atoms with Crippen LogP contribution in [0.1, 0.15) is 64.2 Å². The molecule has 0 spiro atoms. The molecule has 6 heteroatoms. The van der Waals surface area contributed by atoms with E-state index in [4.69, 9.17) is 9.57 Å². The Morgan fingerprint density at radius 1 is 0.957 bits per heavy atom. The largest absolute Gasteiger partial charge is 0.350 e. The van der Waals surface area contributed by atoms with Crippen molar-refractivity contribution in [2.45, 2.75) is 76.5 Å². The maximum absolute atomic E-state index is 12.7. The van der Waals surface area contributed by atoms with Crippen LogP contribution in [0, 0.1) is 5.92 Å². The zero-order valence-corrected chi connectivity index (χ0v) is 13.8. The third kappa shape index (κ3) is 4.23. The maximum Gasteiger partial charge on any atom is 0.266 e. The summed E-state index contributed by atoms with van der Waals surface area (Å²) in [6, 6.07) is -0.381. The summed E-state index contributed by atoms with van der Waals surface area (Å²) in [6.45, 7) is 1.36. The molecule has 0 aromatic rings. The summed E-state index contributed by atoms with van der Waals surface area (Å²) in [5.41, 5.74) is 2.52. The van der Waals surface area contributed by atoms with Crippen molar-refractivity contribution in [2.75, 3.05) is 13.2 Å². The molecular weight excluding hydrogens is 296 g/mol. The number of nitrogens with zero attached hydrogens (tertiary/aromatic N) is 1. The molecular formula is C17H28N2O4. The van der Waals surface area contributed by atoms with Crippen LogP contribution in [0.4, 0.5) is 0 Å². The molecule has 0 unspecified atom stereocenters. The van der Waals surface area contributed by atoms with Gasteiger partial charge in [-0.05, 0) is 38.5 Å². The Hall–Kier alpha value is -1.14. The lowest BCUT2D eigenvalue weighted by Gasteiger charge is -2.30. The fourth-order valence-corrected chi connectivity index (χ4v) is 3.88. The van der Waals surface area contributed by atoms with Crippen LogP contribution in [0.5, 0.6) is 0 Å². The normalized spacial score (nSPS) is 29.5. The van der Waals surface area contributed by atoms with Crippen LogP contribution < -0.4 is 5.48 Å². The second-order valence-electron chi connectivity index (χ2n) is 6.90. The Bertz CT molecular complexity index is 417. The number of carbonyl (C=O) groups is 2. The fourth-order valence-electron chi connectivity index (χ4n) is 3.88. The predicted octanol–water partition coefficient (Wildman–Crippen LogP) is 2.13. The average molecular weight is 324 g/mol. The van der Waals surface area contributed by atoms with Crippen molar-refractivity contribution >= 4 is 11.8 Å². The van der Waals surface area contributed by atoms with E-state index in [9.17, 15) is 9.59 Å². The molecule has 3 fully saturated rings. The number of hydrogen-bond donors (Lipinski definition) is 1. The molecule has 0 bridgehead atoms. The highest BCUT2D eigenvalue weighted by atomic mass is 16.8. The quantitative estimate of drug-likeness (QED) is 0.805. The summed E-state index contributed by atoms with van der Waals surface area (Å²) in [6.07, 6.45) is 9.57. The summed E-state index contributed by atoms with van der Waals surface area (Å²) < 4.78 is 5.44. The van der Waals surface area contributed by atoms with E-state index in [1.807, 2.05) is 0 Å². The number of nitrogens with one attached hydrogen (secondary N) is 1. The summed E-state index contributed by atoms with van der Waals surface area (Å²) in [4.78, 5) is 32.2. The van der Waals surface area contributed by atoms with E-state index in [-0.39, 0.29) is 30.1 Å². The zero-order chi connectivity index (χ0) is 16.1. The number of hydroxylamine groups is 1. The van der Waals surface area contributed by atoms with Gasteiger partial charge in [0.25, 0.3) is 5.91 Å². The van der Waals surface area contributed by atoms with Gasteiger partial charge in [0.15, 0.2) is 6.29 Å². The Labute approximate surface area is 137 Å². The molecule has 6 nitrogen and oxygen atoms in total. The van der Waals surface area contributed by atoms with E-state index in [2.05, 4.69) is 5.48 Å². The zero-order valence-electron chi connectivity index (χ0n) is 13.8. The first-order valence-corrected chi connectivity index (χ1v) is 9.13. The molecule has 2 aliphatic heterocycles. The minimum absolute atomic E-state index is 0.111. The number of hydrogen-bond acceptors (Lipinski definition) is 4. The van der Waals surface area contributed by atoms with Crippen LogP contribution >= 0.6 is 0 Å². The number of ether oxygens (including phenoxy) is 1. The van der Waals surface area contributed by atoms with Crippen LogP contribution in [0.15, 0.2) is 0 Å². The first-order chi connectivity index (χ1) is 11.3. The molecule has 3 aliphatic rings. The smallest absolute Gasteiger partial charge is 0.266 e. The van der Waals surface area contributed by atoms with Gasteiger partial charge in [-0.1, -0.05) is 19.3 Å². The van der Waals surface area contributed by atoms with Gasteiger partial charge in [0.1, 0.15) is 6.04 Å². The van der Waals surface area contributed by atoms with E-state index in [0.717, 1.165) is 57.8 Å². The van der Waals surface area contributed by atoms with E-state index in [0.29, 0.717) is 13.2 Å². The molecule has 2 heterocycles. The molecule has 2 amide bonds. The monoisotopic (exact) mass is 324 g/mol. The molecule has 23 heavy (non-hydrogen) atoms. The van der Waals surface area contributed by atoms with Crippen LogP contribution in [0.25, 0.3) is 0 Å². The molecule has 2 atom stereocenters. The first kappa shape index (κ1) is 16.7. The Balaban J connectivity index is 1.50. The SMILES string of the molecule is O=C(NO[C@H]1CCCCO1)[C@H]1CCCN1C(=O)C1CCCCC1. The van der Waals surface area contributed by atoms with Crippen LogP contribution in [0.2, 0.25) is 0 Å². The van der Waals surface area contributed by atoms with Crippen LogP contribution in [0.3, 0.4) is 0 Å². The summed E-state index contributed by atoms with van der Waals surface area (Å²) in [5, 5.41) is 0. The first-order valence-electron chi connectivity index (χ1n) is 9.13. The van der Waals surface area contributed by atoms with Crippen LogP contribution in [-0.2, 0) is 19.2 Å². The van der Waals surface area contributed by atoms with Crippen molar-refractivity contribution in [3.63, 3.8) is 0 Å². The van der Waals surface area contributed by atoms with Gasteiger partial charge in [-0.3, -0.25) is 9.59 Å². The molecule has 2 saturated heterocycles. The van der Waals surface area contributed by atoms with Gasteiger partial charge in [-0.15, -0.1) is 0 Å². The van der Waals surface area contributed by atoms with Gasteiger partial charge in [-0.2, -0.15) is 0 Å². The summed E-state index contributed by atoms with van der Waals surface area (Å²) in [5.74, 6) is 0.0665. The van der Waals surface area contributed by atoms with E-state index in [1.165, 1.54) is 6.42 Å². The van der Waals surface area contributed by atoms with Crippen molar-refractivity contribution < 1.29 is 19.2 Å². The minimum Gasteiger partial charge on any atom is -0.350 e. The second-order valence-corrected chi connectivity index (χ2v) is 6.90. The van der Waals surface area contributed by atoms with Crippen LogP contribution in [-0.4, -0.2) is 42.2 Å². The van der Waals surface area contributed by atoms with Gasteiger partial charge in [0.05, 0.1) is 0 Å². The highest BCUT2D eigenvalue weighted by molar-refractivity contribution is 5.88. The minimum atomic E-state index is -0.381. The lowest BCUT2D eigenvalue weighted by atomic mass is 9.88. The number of likely N-dealkylation sites (tertiary alicyclic amines) is 1. The van der Waals surface area contributed by atoms with Gasteiger partial charge in [0, 0.05) is 25.5 Å². The molecule has 3 rings (SSSR count). The maximum atomic E-state index is 12.7. The lowest BCUT2D eigenvalue weighted by molar-refractivity contribution is -0.202. The fraction of sp³-hybridized carbons (Fsp3) is 0.882. The third-order valence-corrected chi connectivity index (χ3v) is 5.22. The number of amides is 2. The van der Waals surface area contributed by atoms with Gasteiger partial charge < -0.3 is 9.64 Å². The molecule has 1 aliphatic carbocycles. The molecule has 130 valence electrons. The Morgan fingerprint density at radius 2 is 1.74 bits per heavy atom. The summed E-state index contributed by atoms with van der Waals surface area (Å²) in [7, 11) is 0. The van der Waals surface area contributed by atoms with Crippen molar-refractivity contribution in [3.05, 3.63) is 0 Å². The highest BCUT2D eigenvalue weighted by Crippen LogP contribution is 2.28. The number of rotatable bonds is 4. The summed E-state index contributed by atoms with van der Waals surface area (Å²) >= 11 is 0. The van der Waals surface area contributed by atoms with Crippen molar-refractivity contribution in [1.29, 1.82) is 0 Å². The van der Waals surface area contributed by atoms with Gasteiger partial charge >= 0.3 is 0 Å². The van der Waals surface area contributed by atoms with E-state index >= 15 is 0 Å². The third-order valence-electron chi connectivity index (χ3n) is 5.22. The molecule has 1 saturated carbocycles. The Morgan fingerprint density at radius 3 is 2.48 bits per heavy atom. The van der Waals surface area contributed by atoms with Gasteiger partial charge in [0.2, 0.25) is 5.91 Å². The van der Waals surface area contributed by atoms with E-state index < -0.39 is 0 Å².